The Balaban J connectivity index is 3.36. The second-order valence-electron chi connectivity index (χ2n) is 2.87. The molecular formula is C8H7F5N2. The van der Waals surface area contributed by atoms with Gasteiger partial charge in [0.1, 0.15) is 0 Å². The monoisotopic (exact) mass is 226 g/mol. The van der Waals surface area contributed by atoms with E-state index in [9.17, 15) is 22.0 Å². The fourth-order valence-electron chi connectivity index (χ4n) is 1.04. The van der Waals surface area contributed by atoms with Gasteiger partial charge in [0.15, 0.2) is 0 Å². The molecule has 1 aromatic carbocycles. The van der Waals surface area contributed by atoms with Crippen LogP contribution in [0.25, 0.3) is 0 Å². The lowest BCUT2D eigenvalue weighted by Crippen LogP contribution is -2.09. The highest BCUT2D eigenvalue weighted by Gasteiger charge is 2.32. The highest BCUT2D eigenvalue weighted by atomic mass is 19.4. The van der Waals surface area contributed by atoms with E-state index in [4.69, 9.17) is 11.5 Å². The lowest BCUT2D eigenvalue weighted by atomic mass is 10.1. The molecule has 0 atom stereocenters. The molecule has 1 rings (SSSR count). The van der Waals surface area contributed by atoms with E-state index in [0.29, 0.717) is 12.1 Å². The van der Waals surface area contributed by atoms with Gasteiger partial charge in [-0.1, -0.05) is 0 Å². The first-order valence-electron chi connectivity index (χ1n) is 3.77. The molecule has 0 aliphatic carbocycles. The highest BCUT2D eigenvalue weighted by molar-refractivity contribution is 5.69. The number of alkyl halides is 5. The molecule has 7 heteroatoms. The summed E-state index contributed by atoms with van der Waals surface area (Å²) in [7, 11) is 0. The molecule has 0 aromatic heterocycles. The van der Waals surface area contributed by atoms with Crippen molar-refractivity contribution in [1.82, 2.24) is 0 Å². The van der Waals surface area contributed by atoms with Gasteiger partial charge in [0, 0.05) is 5.56 Å². The fourth-order valence-corrected chi connectivity index (χ4v) is 1.04. The summed E-state index contributed by atoms with van der Waals surface area (Å²) in [6, 6.07) is 0.831. The summed E-state index contributed by atoms with van der Waals surface area (Å²) in [6.07, 6.45) is -7.81. The number of hydrogen-bond acceptors (Lipinski definition) is 2. The number of hydrogen-bond donors (Lipinski definition) is 2. The van der Waals surface area contributed by atoms with E-state index in [2.05, 4.69) is 0 Å². The molecule has 0 aliphatic heterocycles. The second kappa shape index (κ2) is 3.56. The van der Waals surface area contributed by atoms with Gasteiger partial charge >= 0.3 is 6.18 Å². The molecule has 0 bridgehead atoms. The minimum Gasteiger partial charge on any atom is -0.397 e. The third-order valence-electron chi connectivity index (χ3n) is 1.81. The van der Waals surface area contributed by atoms with E-state index >= 15 is 0 Å². The zero-order valence-corrected chi connectivity index (χ0v) is 7.28. The van der Waals surface area contributed by atoms with Crippen molar-refractivity contribution >= 4 is 11.4 Å². The van der Waals surface area contributed by atoms with E-state index < -0.39 is 35.1 Å². The van der Waals surface area contributed by atoms with Gasteiger partial charge in [-0.3, -0.25) is 0 Å². The quantitative estimate of drug-likeness (QED) is 0.571. The van der Waals surface area contributed by atoms with Crippen molar-refractivity contribution < 1.29 is 22.0 Å². The standard InChI is InChI=1S/C8H7F5N2/c9-7(10)4-1-3(8(11,12)13)2-5(14)6(4)15/h1-2,7H,14-15H2. The first-order chi connectivity index (χ1) is 6.73. The summed E-state index contributed by atoms with van der Waals surface area (Å²) in [4.78, 5) is 0. The van der Waals surface area contributed by atoms with Gasteiger partial charge in [-0.15, -0.1) is 0 Å². The number of halogens is 5. The molecule has 0 saturated carbocycles. The number of benzene rings is 1. The lowest BCUT2D eigenvalue weighted by Gasteiger charge is -2.12. The number of nitrogen functional groups attached to an aromatic ring is 2. The van der Waals surface area contributed by atoms with Gasteiger partial charge in [-0.05, 0) is 12.1 Å². The van der Waals surface area contributed by atoms with Crippen molar-refractivity contribution in [2.45, 2.75) is 12.6 Å². The molecule has 0 saturated heterocycles. The molecular weight excluding hydrogens is 219 g/mol. The SMILES string of the molecule is Nc1cc(C(F)(F)F)cc(C(F)F)c1N. The summed E-state index contributed by atoms with van der Waals surface area (Å²) in [5, 5.41) is 0. The third kappa shape index (κ3) is 2.28. The smallest absolute Gasteiger partial charge is 0.397 e. The summed E-state index contributed by atoms with van der Waals surface area (Å²) < 4.78 is 61.2. The van der Waals surface area contributed by atoms with Crippen LogP contribution in [0.15, 0.2) is 12.1 Å². The van der Waals surface area contributed by atoms with Gasteiger partial charge in [0.25, 0.3) is 6.43 Å². The molecule has 0 fully saturated rings. The maximum Gasteiger partial charge on any atom is 0.416 e. The molecule has 0 aliphatic rings. The number of rotatable bonds is 1. The van der Waals surface area contributed by atoms with Crippen LogP contribution in [0.3, 0.4) is 0 Å². The largest absolute Gasteiger partial charge is 0.416 e. The molecule has 0 unspecified atom stereocenters. The summed E-state index contributed by atoms with van der Waals surface area (Å²) in [5.41, 5.74) is 7.07. The Morgan fingerprint density at radius 1 is 1.07 bits per heavy atom. The van der Waals surface area contributed by atoms with Crippen LogP contribution in [0.1, 0.15) is 17.6 Å². The predicted octanol–water partition coefficient (Wildman–Crippen LogP) is 2.81. The Morgan fingerprint density at radius 2 is 1.60 bits per heavy atom. The summed E-state index contributed by atoms with van der Waals surface area (Å²) >= 11 is 0. The van der Waals surface area contributed by atoms with Crippen molar-refractivity contribution in [2.75, 3.05) is 11.5 Å². The zero-order chi connectivity index (χ0) is 11.8. The van der Waals surface area contributed by atoms with Crippen molar-refractivity contribution in [3.63, 3.8) is 0 Å². The van der Waals surface area contributed by atoms with Crippen LogP contribution >= 0.6 is 0 Å². The molecule has 0 amide bonds. The zero-order valence-electron chi connectivity index (χ0n) is 7.28. The summed E-state index contributed by atoms with van der Waals surface area (Å²) in [6.45, 7) is 0. The van der Waals surface area contributed by atoms with Gasteiger partial charge in [0.2, 0.25) is 0 Å². The van der Waals surface area contributed by atoms with Crippen LogP contribution < -0.4 is 11.5 Å². The Hall–Kier alpha value is -1.53. The van der Waals surface area contributed by atoms with Crippen molar-refractivity contribution in [3.8, 4) is 0 Å². The van der Waals surface area contributed by atoms with Crippen molar-refractivity contribution in [1.29, 1.82) is 0 Å². The van der Waals surface area contributed by atoms with Gasteiger partial charge < -0.3 is 11.5 Å². The molecule has 4 N–H and O–H groups in total. The molecule has 2 nitrogen and oxygen atoms in total. The van der Waals surface area contributed by atoms with Crippen LogP contribution in [0.4, 0.5) is 33.3 Å². The van der Waals surface area contributed by atoms with Crippen molar-refractivity contribution in [2.24, 2.45) is 0 Å². The lowest BCUT2D eigenvalue weighted by molar-refractivity contribution is -0.137. The Bertz CT molecular complexity index is 372. The molecule has 84 valence electrons. The number of nitrogens with two attached hydrogens (primary N) is 2. The Labute approximate surface area is 81.7 Å². The third-order valence-corrected chi connectivity index (χ3v) is 1.81. The van der Waals surface area contributed by atoms with Crippen LogP contribution in [0, 0.1) is 0 Å². The first kappa shape index (κ1) is 11.5. The molecule has 0 heterocycles. The van der Waals surface area contributed by atoms with Gasteiger partial charge in [-0.2, -0.15) is 13.2 Å². The van der Waals surface area contributed by atoms with Crippen LogP contribution in [0.5, 0.6) is 0 Å². The van der Waals surface area contributed by atoms with Crippen LogP contribution in [-0.2, 0) is 6.18 Å². The maximum absolute atomic E-state index is 12.3. The number of anilines is 2. The van der Waals surface area contributed by atoms with Crippen LogP contribution in [-0.4, -0.2) is 0 Å². The van der Waals surface area contributed by atoms with E-state index in [0.717, 1.165) is 0 Å². The minimum absolute atomic E-state index is 0.302. The molecule has 0 radical (unpaired) electrons. The van der Waals surface area contributed by atoms with E-state index in [1.54, 1.807) is 0 Å². The van der Waals surface area contributed by atoms with Crippen molar-refractivity contribution in [3.05, 3.63) is 23.3 Å². The first-order valence-corrected chi connectivity index (χ1v) is 3.77. The van der Waals surface area contributed by atoms with E-state index in [1.165, 1.54) is 0 Å². The Morgan fingerprint density at radius 3 is 2.00 bits per heavy atom. The van der Waals surface area contributed by atoms with Gasteiger partial charge in [-0.25, -0.2) is 8.78 Å². The van der Waals surface area contributed by atoms with Gasteiger partial charge in [0.05, 0.1) is 16.9 Å². The highest BCUT2D eigenvalue weighted by Crippen LogP contribution is 2.37. The topological polar surface area (TPSA) is 52.0 Å². The second-order valence-corrected chi connectivity index (χ2v) is 2.87. The average molecular weight is 226 g/mol. The maximum atomic E-state index is 12.3. The molecule has 0 spiro atoms. The normalized spacial score (nSPS) is 12.1. The Kier molecular flexibility index (Phi) is 2.74. The minimum atomic E-state index is -4.72. The van der Waals surface area contributed by atoms with E-state index in [1.807, 2.05) is 0 Å². The molecule has 1 aromatic rings. The van der Waals surface area contributed by atoms with Crippen LogP contribution in [0.2, 0.25) is 0 Å². The predicted molar refractivity (Wildman–Crippen MR) is 45.2 cm³/mol. The molecule has 15 heavy (non-hydrogen) atoms. The average Bonchev–Trinajstić information content (AvgIpc) is 2.06. The summed E-state index contributed by atoms with van der Waals surface area (Å²) in [5.74, 6) is 0. The van der Waals surface area contributed by atoms with E-state index in [-0.39, 0.29) is 0 Å². The fraction of sp³-hybridized carbons (Fsp3) is 0.250.